The molecule has 1 N–H and O–H groups in total. The van der Waals surface area contributed by atoms with Gasteiger partial charge >= 0.3 is 5.97 Å². The third-order valence-corrected chi connectivity index (χ3v) is 5.42. The molecule has 0 spiro atoms. The van der Waals surface area contributed by atoms with Crippen molar-refractivity contribution in [3.05, 3.63) is 34.9 Å². The molecule has 1 aromatic carbocycles. The number of carboxylic acids is 1. The third kappa shape index (κ3) is 4.00. The Hall–Kier alpha value is -0.960. The van der Waals surface area contributed by atoms with E-state index in [4.69, 9.17) is 5.11 Å². The Balaban J connectivity index is 1.82. The van der Waals surface area contributed by atoms with Crippen LogP contribution in [0.1, 0.15) is 42.4 Å². The van der Waals surface area contributed by atoms with Gasteiger partial charge in [0, 0.05) is 11.0 Å². The number of aryl methyl sites for hydroxylation is 2. The Morgan fingerprint density at radius 3 is 2.53 bits per heavy atom. The lowest BCUT2D eigenvalue weighted by molar-refractivity contribution is -0.142. The van der Waals surface area contributed by atoms with Crippen molar-refractivity contribution in [1.82, 2.24) is 0 Å². The van der Waals surface area contributed by atoms with Crippen LogP contribution in [-0.2, 0) is 10.5 Å². The first-order valence-corrected chi connectivity index (χ1v) is 8.01. The minimum Gasteiger partial charge on any atom is -0.481 e. The van der Waals surface area contributed by atoms with E-state index in [2.05, 4.69) is 32.0 Å². The molecule has 19 heavy (non-hydrogen) atoms. The summed E-state index contributed by atoms with van der Waals surface area (Å²) in [4.78, 5) is 10.9. The van der Waals surface area contributed by atoms with Crippen molar-refractivity contribution in [3.8, 4) is 0 Å². The first-order chi connectivity index (χ1) is 9.06. The van der Waals surface area contributed by atoms with E-state index >= 15 is 0 Å². The molecule has 1 aliphatic carbocycles. The Labute approximate surface area is 119 Å². The highest BCUT2D eigenvalue weighted by Gasteiger charge is 2.25. The van der Waals surface area contributed by atoms with Crippen LogP contribution in [0.2, 0.25) is 0 Å². The van der Waals surface area contributed by atoms with Crippen molar-refractivity contribution in [1.29, 1.82) is 0 Å². The number of carbonyl (C=O) groups is 1. The number of hydrogen-bond acceptors (Lipinski definition) is 2. The van der Waals surface area contributed by atoms with Crippen molar-refractivity contribution >= 4 is 17.7 Å². The molecule has 1 aliphatic rings. The van der Waals surface area contributed by atoms with E-state index in [9.17, 15) is 4.79 Å². The van der Waals surface area contributed by atoms with Gasteiger partial charge in [0.05, 0.1) is 5.92 Å². The van der Waals surface area contributed by atoms with E-state index in [1.807, 2.05) is 11.8 Å². The third-order valence-electron chi connectivity index (χ3n) is 4.00. The monoisotopic (exact) mass is 278 g/mol. The maximum atomic E-state index is 10.9. The van der Waals surface area contributed by atoms with Crippen LogP contribution in [0.5, 0.6) is 0 Å². The summed E-state index contributed by atoms with van der Waals surface area (Å²) in [6, 6.07) is 6.63. The van der Waals surface area contributed by atoms with Gasteiger partial charge < -0.3 is 5.11 Å². The summed E-state index contributed by atoms with van der Waals surface area (Å²) in [5.74, 6) is 0.338. The standard InChI is InChI=1S/C16H22O2S/c1-11-3-4-14(12(2)9-11)10-19-15-7-5-13(6-8-15)16(17)18/h3-4,9,13,15H,5-8,10H2,1-2H3,(H,17,18). The molecule has 0 atom stereocenters. The molecule has 0 unspecified atom stereocenters. The van der Waals surface area contributed by atoms with Gasteiger partial charge in [0.1, 0.15) is 0 Å². The lowest BCUT2D eigenvalue weighted by Crippen LogP contribution is -2.22. The molecule has 104 valence electrons. The lowest BCUT2D eigenvalue weighted by atomic mass is 9.89. The first-order valence-electron chi connectivity index (χ1n) is 6.97. The normalized spacial score (nSPS) is 23.3. The van der Waals surface area contributed by atoms with Crippen LogP contribution in [0.25, 0.3) is 0 Å². The van der Waals surface area contributed by atoms with E-state index in [0.717, 1.165) is 31.4 Å². The summed E-state index contributed by atoms with van der Waals surface area (Å²) >= 11 is 1.99. The van der Waals surface area contributed by atoms with Gasteiger partial charge in [-0.1, -0.05) is 23.8 Å². The molecule has 0 amide bonds. The van der Waals surface area contributed by atoms with Crippen molar-refractivity contribution in [3.63, 3.8) is 0 Å². The molecule has 0 heterocycles. The van der Waals surface area contributed by atoms with E-state index in [-0.39, 0.29) is 5.92 Å². The van der Waals surface area contributed by atoms with E-state index in [1.165, 1.54) is 16.7 Å². The summed E-state index contributed by atoms with van der Waals surface area (Å²) in [6.45, 7) is 4.29. The van der Waals surface area contributed by atoms with Crippen molar-refractivity contribution in [2.45, 2.75) is 50.5 Å². The van der Waals surface area contributed by atoms with Gasteiger partial charge in [0.25, 0.3) is 0 Å². The van der Waals surface area contributed by atoms with Crippen molar-refractivity contribution in [2.24, 2.45) is 5.92 Å². The molecule has 0 saturated heterocycles. The Kier molecular flexibility index (Phi) is 4.92. The zero-order valence-electron chi connectivity index (χ0n) is 11.7. The van der Waals surface area contributed by atoms with Crippen molar-refractivity contribution in [2.75, 3.05) is 0 Å². The summed E-state index contributed by atoms with van der Waals surface area (Å²) in [5, 5.41) is 9.62. The summed E-state index contributed by atoms with van der Waals surface area (Å²) < 4.78 is 0. The molecular formula is C16H22O2S. The highest BCUT2D eigenvalue weighted by molar-refractivity contribution is 7.99. The highest BCUT2D eigenvalue weighted by Crippen LogP contribution is 2.34. The summed E-state index contributed by atoms with van der Waals surface area (Å²) in [7, 11) is 0. The minimum atomic E-state index is -0.613. The van der Waals surface area contributed by atoms with Crippen molar-refractivity contribution < 1.29 is 9.90 Å². The summed E-state index contributed by atoms with van der Waals surface area (Å²) in [5.41, 5.74) is 4.09. The first kappa shape index (κ1) is 14.4. The second-order valence-corrected chi connectivity index (χ2v) is 6.84. The number of aliphatic carboxylic acids is 1. The molecule has 2 nitrogen and oxygen atoms in total. The van der Waals surface area contributed by atoms with Crippen LogP contribution in [0.3, 0.4) is 0 Å². The molecular weight excluding hydrogens is 256 g/mol. The van der Waals surface area contributed by atoms with Gasteiger partial charge in [0.2, 0.25) is 0 Å². The van der Waals surface area contributed by atoms with Crippen LogP contribution in [0.15, 0.2) is 18.2 Å². The molecule has 1 saturated carbocycles. The van der Waals surface area contributed by atoms with E-state index in [1.54, 1.807) is 0 Å². The average Bonchev–Trinajstić information content (AvgIpc) is 2.38. The van der Waals surface area contributed by atoms with Crippen LogP contribution in [-0.4, -0.2) is 16.3 Å². The van der Waals surface area contributed by atoms with Gasteiger partial charge in [-0.3, -0.25) is 4.79 Å². The largest absolute Gasteiger partial charge is 0.481 e. The fraction of sp³-hybridized carbons (Fsp3) is 0.562. The zero-order valence-corrected chi connectivity index (χ0v) is 12.5. The highest BCUT2D eigenvalue weighted by atomic mass is 32.2. The molecule has 0 aliphatic heterocycles. The molecule has 0 bridgehead atoms. The molecule has 0 aromatic heterocycles. The van der Waals surface area contributed by atoms with Gasteiger partial charge in [-0.25, -0.2) is 0 Å². The predicted molar refractivity (Wildman–Crippen MR) is 80.6 cm³/mol. The second-order valence-electron chi connectivity index (χ2n) is 5.55. The zero-order chi connectivity index (χ0) is 13.8. The smallest absolute Gasteiger partial charge is 0.306 e. The fourth-order valence-corrected chi connectivity index (χ4v) is 4.04. The Bertz CT molecular complexity index is 448. The topological polar surface area (TPSA) is 37.3 Å². The van der Waals surface area contributed by atoms with Gasteiger partial charge in [0.15, 0.2) is 0 Å². The predicted octanol–water partition coefficient (Wildman–Crippen LogP) is 4.18. The minimum absolute atomic E-state index is 0.0991. The number of thioether (sulfide) groups is 1. The Morgan fingerprint density at radius 1 is 1.26 bits per heavy atom. The van der Waals surface area contributed by atoms with Crippen LogP contribution in [0, 0.1) is 19.8 Å². The average molecular weight is 278 g/mol. The van der Waals surface area contributed by atoms with Gasteiger partial charge in [-0.05, 0) is 50.7 Å². The molecule has 2 rings (SSSR count). The quantitative estimate of drug-likeness (QED) is 0.897. The SMILES string of the molecule is Cc1ccc(CSC2CCC(C(=O)O)CC2)c(C)c1. The second kappa shape index (κ2) is 6.47. The van der Waals surface area contributed by atoms with E-state index < -0.39 is 5.97 Å². The number of benzene rings is 1. The number of hydrogen-bond donors (Lipinski definition) is 1. The van der Waals surface area contributed by atoms with Crippen LogP contribution in [0.4, 0.5) is 0 Å². The lowest BCUT2D eigenvalue weighted by Gasteiger charge is -2.25. The maximum Gasteiger partial charge on any atom is 0.306 e. The van der Waals surface area contributed by atoms with E-state index in [0.29, 0.717) is 5.25 Å². The molecule has 3 heteroatoms. The molecule has 1 fully saturated rings. The number of rotatable bonds is 4. The maximum absolute atomic E-state index is 10.9. The van der Waals surface area contributed by atoms with Crippen LogP contribution < -0.4 is 0 Å². The molecule has 0 radical (unpaired) electrons. The molecule has 1 aromatic rings. The Morgan fingerprint density at radius 2 is 1.95 bits per heavy atom. The van der Waals surface area contributed by atoms with Crippen LogP contribution >= 0.6 is 11.8 Å². The van der Waals surface area contributed by atoms with Gasteiger partial charge in [-0.15, -0.1) is 0 Å². The van der Waals surface area contributed by atoms with Gasteiger partial charge in [-0.2, -0.15) is 11.8 Å². The summed E-state index contributed by atoms with van der Waals surface area (Å²) in [6.07, 6.45) is 3.79. The number of carboxylic acid groups (broad SMARTS) is 1. The fourth-order valence-electron chi connectivity index (χ4n) is 2.69.